The van der Waals surface area contributed by atoms with Crippen molar-refractivity contribution in [3.8, 4) is 0 Å². The molecule has 1 unspecified atom stereocenters. The van der Waals surface area contributed by atoms with Crippen molar-refractivity contribution in [2.75, 3.05) is 12.8 Å². The van der Waals surface area contributed by atoms with Gasteiger partial charge in [0, 0.05) is 23.1 Å². The van der Waals surface area contributed by atoms with Crippen LogP contribution < -0.4 is 5.32 Å². The van der Waals surface area contributed by atoms with Crippen LogP contribution in [0.4, 0.5) is 13.2 Å². The van der Waals surface area contributed by atoms with Gasteiger partial charge in [-0.05, 0) is 32.0 Å². The number of rotatable bonds is 7. The smallest absolute Gasteiger partial charge is 0.316 e. The summed E-state index contributed by atoms with van der Waals surface area (Å²) < 4.78 is 36.1. The van der Waals surface area contributed by atoms with Gasteiger partial charge in [0.15, 0.2) is 0 Å². The quantitative estimate of drug-likeness (QED) is 0.753. The predicted octanol–water partition coefficient (Wildman–Crippen LogP) is 4.10. The Morgan fingerprint density at radius 3 is 2.44 bits per heavy atom. The number of halogens is 3. The molecule has 5 heteroatoms. The van der Waals surface area contributed by atoms with Crippen LogP contribution in [0.2, 0.25) is 0 Å². The summed E-state index contributed by atoms with van der Waals surface area (Å²) in [5.74, 6) is 0.790. The largest absolute Gasteiger partial charge is 0.389 e. The van der Waals surface area contributed by atoms with Crippen LogP contribution in [0.5, 0.6) is 0 Å². The highest BCUT2D eigenvalue weighted by molar-refractivity contribution is 7.99. The maximum atomic E-state index is 12.0. The lowest BCUT2D eigenvalue weighted by Crippen LogP contribution is -2.28. The van der Waals surface area contributed by atoms with Crippen LogP contribution in [0, 0.1) is 0 Å². The zero-order chi connectivity index (χ0) is 13.4. The highest BCUT2D eigenvalue weighted by Gasteiger charge is 2.26. The first kappa shape index (κ1) is 15.4. The van der Waals surface area contributed by atoms with Crippen LogP contribution in [0.25, 0.3) is 0 Å². The fraction of sp³-hybridized carbons (Fsp3) is 0.538. The number of thioether (sulfide) groups is 1. The van der Waals surface area contributed by atoms with E-state index in [2.05, 4.69) is 5.32 Å². The summed E-state index contributed by atoms with van der Waals surface area (Å²) in [6.07, 6.45) is -3.99. The lowest BCUT2D eigenvalue weighted by molar-refractivity contribution is -0.135. The molecule has 1 rings (SSSR count). The van der Waals surface area contributed by atoms with Crippen molar-refractivity contribution in [1.82, 2.24) is 5.32 Å². The molecule has 0 aliphatic heterocycles. The molecule has 0 aromatic heterocycles. The molecule has 102 valence electrons. The summed E-state index contributed by atoms with van der Waals surface area (Å²) in [5.41, 5.74) is 0. The van der Waals surface area contributed by atoms with Crippen molar-refractivity contribution in [1.29, 1.82) is 0 Å². The molecule has 0 saturated carbocycles. The van der Waals surface area contributed by atoms with E-state index >= 15 is 0 Å². The fourth-order valence-corrected chi connectivity index (χ4v) is 2.65. The number of nitrogens with one attached hydrogen (secondary N) is 1. The van der Waals surface area contributed by atoms with Crippen molar-refractivity contribution >= 4 is 11.8 Å². The second-order valence-corrected chi connectivity index (χ2v) is 5.21. The maximum Gasteiger partial charge on any atom is 0.389 e. The molecule has 1 N–H and O–H groups in total. The van der Waals surface area contributed by atoms with Gasteiger partial charge < -0.3 is 5.32 Å². The zero-order valence-corrected chi connectivity index (χ0v) is 11.2. The van der Waals surface area contributed by atoms with Crippen LogP contribution in [0.1, 0.15) is 19.3 Å². The number of hydrogen-bond donors (Lipinski definition) is 1. The molecule has 0 amide bonds. The molecule has 0 fully saturated rings. The molecule has 0 bridgehead atoms. The van der Waals surface area contributed by atoms with Gasteiger partial charge in [0.05, 0.1) is 0 Å². The number of hydrogen-bond acceptors (Lipinski definition) is 2. The molecule has 1 atom stereocenters. The normalized spacial score (nSPS) is 13.6. The second-order valence-electron chi connectivity index (χ2n) is 4.12. The standard InChI is InChI=1S/C13H18F3NS/c1-17-11(6-5-9-13(14,15)16)10-18-12-7-3-2-4-8-12/h2-4,7-8,11,17H,5-6,9-10H2,1H3. The third-order valence-corrected chi connectivity index (χ3v) is 3.79. The maximum absolute atomic E-state index is 12.0. The van der Waals surface area contributed by atoms with E-state index in [4.69, 9.17) is 0 Å². The van der Waals surface area contributed by atoms with Gasteiger partial charge in [0.25, 0.3) is 0 Å². The summed E-state index contributed by atoms with van der Waals surface area (Å²) in [5, 5.41) is 3.07. The Bertz CT molecular complexity index is 327. The molecular weight excluding hydrogens is 259 g/mol. The molecule has 0 heterocycles. The topological polar surface area (TPSA) is 12.0 Å². The summed E-state index contributed by atoms with van der Waals surface area (Å²) in [4.78, 5) is 1.15. The van der Waals surface area contributed by atoms with Crippen LogP contribution in [-0.4, -0.2) is 25.0 Å². The summed E-state index contributed by atoms with van der Waals surface area (Å²) in [6, 6.07) is 10.0. The van der Waals surface area contributed by atoms with Gasteiger partial charge in [-0.2, -0.15) is 13.2 Å². The molecule has 18 heavy (non-hydrogen) atoms. The van der Waals surface area contributed by atoms with E-state index in [0.29, 0.717) is 6.42 Å². The Kier molecular flexibility index (Phi) is 6.57. The Labute approximate surface area is 110 Å². The molecule has 1 aromatic rings. The lowest BCUT2D eigenvalue weighted by Gasteiger charge is -2.16. The van der Waals surface area contributed by atoms with Crippen molar-refractivity contribution < 1.29 is 13.2 Å². The summed E-state index contributed by atoms with van der Waals surface area (Å²) in [6.45, 7) is 0. The minimum atomic E-state index is -4.04. The van der Waals surface area contributed by atoms with Gasteiger partial charge in [-0.3, -0.25) is 0 Å². The Hall–Kier alpha value is -0.680. The van der Waals surface area contributed by atoms with Crippen LogP contribution in [0.3, 0.4) is 0 Å². The average Bonchev–Trinajstić information content (AvgIpc) is 2.33. The van der Waals surface area contributed by atoms with Crippen LogP contribution >= 0.6 is 11.8 Å². The predicted molar refractivity (Wildman–Crippen MR) is 69.9 cm³/mol. The molecule has 0 aliphatic rings. The SMILES string of the molecule is CNC(CCCC(F)(F)F)CSc1ccccc1. The molecule has 1 nitrogen and oxygen atoms in total. The van der Waals surface area contributed by atoms with Crippen molar-refractivity contribution in [2.45, 2.75) is 36.4 Å². The highest BCUT2D eigenvalue weighted by atomic mass is 32.2. The molecule has 0 spiro atoms. The Morgan fingerprint density at radius 1 is 1.22 bits per heavy atom. The van der Waals surface area contributed by atoms with E-state index in [0.717, 1.165) is 10.6 Å². The van der Waals surface area contributed by atoms with Gasteiger partial charge in [0.1, 0.15) is 0 Å². The third kappa shape index (κ3) is 6.91. The fourth-order valence-electron chi connectivity index (χ4n) is 1.57. The van der Waals surface area contributed by atoms with E-state index in [1.54, 1.807) is 18.8 Å². The van der Waals surface area contributed by atoms with E-state index in [9.17, 15) is 13.2 Å². The van der Waals surface area contributed by atoms with Gasteiger partial charge in [-0.1, -0.05) is 18.2 Å². The van der Waals surface area contributed by atoms with Gasteiger partial charge >= 0.3 is 6.18 Å². The molecular formula is C13H18F3NS. The van der Waals surface area contributed by atoms with Gasteiger partial charge in [-0.25, -0.2) is 0 Å². The first-order valence-electron chi connectivity index (χ1n) is 5.93. The highest BCUT2D eigenvalue weighted by Crippen LogP contribution is 2.24. The van der Waals surface area contributed by atoms with E-state index < -0.39 is 12.6 Å². The van der Waals surface area contributed by atoms with Crippen LogP contribution in [0.15, 0.2) is 35.2 Å². The van der Waals surface area contributed by atoms with E-state index in [1.807, 2.05) is 30.3 Å². The lowest BCUT2D eigenvalue weighted by atomic mass is 10.1. The molecule has 0 radical (unpaired) electrons. The summed E-state index contributed by atoms with van der Waals surface area (Å²) >= 11 is 1.67. The minimum Gasteiger partial charge on any atom is -0.316 e. The molecule has 0 saturated heterocycles. The second kappa shape index (κ2) is 7.69. The van der Waals surface area contributed by atoms with Crippen molar-refractivity contribution in [2.24, 2.45) is 0 Å². The molecule has 1 aromatic carbocycles. The Morgan fingerprint density at radius 2 is 1.89 bits per heavy atom. The van der Waals surface area contributed by atoms with Gasteiger partial charge in [-0.15, -0.1) is 11.8 Å². The Balaban J connectivity index is 2.25. The first-order valence-corrected chi connectivity index (χ1v) is 6.91. The minimum absolute atomic E-state index is 0.123. The monoisotopic (exact) mass is 277 g/mol. The summed E-state index contributed by atoms with van der Waals surface area (Å²) in [7, 11) is 1.80. The average molecular weight is 277 g/mol. The van der Waals surface area contributed by atoms with Gasteiger partial charge in [0.2, 0.25) is 0 Å². The van der Waals surface area contributed by atoms with E-state index in [1.165, 1.54) is 0 Å². The number of alkyl halides is 3. The van der Waals surface area contributed by atoms with Crippen molar-refractivity contribution in [3.63, 3.8) is 0 Å². The van der Waals surface area contributed by atoms with Crippen molar-refractivity contribution in [3.05, 3.63) is 30.3 Å². The van der Waals surface area contributed by atoms with Crippen LogP contribution in [-0.2, 0) is 0 Å². The zero-order valence-electron chi connectivity index (χ0n) is 10.3. The third-order valence-electron chi connectivity index (χ3n) is 2.62. The molecule has 0 aliphatic carbocycles. The first-order chi connectivity index (χ1) is 8.51. The number of benzene rings is 1. The van der Waals surface area contributed by atoms with E-state index in [-0.39, 0.29) is 12.5 Å².